The predicted molar refractivity (Wildman–Crippen MR) is 85.7 cm³/mol. The van der Waals surface area contributed by atoms with Crippen LogP contribution >= 0.6 is 0 Å². The monoisotopic (exact) mass is 291 g/mol. The van der Waals surface area contributed by atoms with Crippen molar-refractivity contribution in [3.05, 3.63) is 77.1 Å². The molecular weight excluding hydrogens is 277 g/mol. The van der Waals surface area contributed by atoms with Crippen LogP contribution in [0.4, 0.5) is 10.1 Å². The Labute approximate surface area is 127 Å². The minimum absolute atomic E-state index is 0.204. The summed E-state index contributed by atoms with van der Waals surface area (Å²) in [5, 5.41) is 4.79. The molecule has 0 spiro atoms. The van der Waals surface area contributed by atoms with Crippen LogP contribution in [-0.2, 0) is 12.8 Å². The SMILES string of the molecule is O=C(Nc1ccccc1F)c1ccc2c3c(cccc13)CC2. The van der Waals surface area contributed by atoms with Gasteiger partial charge in [-0.05, 0) is 52.9 Å². The zero-order valence-electron chi connectivity index (χ0n) is 11.9. The Morgan fingerprint density at radius 2 is 1.68 bits per heavy atom. The van der Waals surface area contributed by atoms with Crippen molar-refractivity contribution in [3.8, 4) is 0 Å². The summed E-state index contributed by atoms with van der Waals surface area (Å²) in [5.74, 6) is -0.706. The summed E-state index contributed by atoms with van der Waals surface area (Å²) in [7, 11) is 0. The van der Waals surface area contributed by atoms with E-state index in [2.05, 4.69) is 11.4 Å². The van der Waals surface area contributed by atoms with Crippen LogP contribution in [0.25, 0.3) is 10.8 Å². The van der Waals surface area contributed by atoms with Crippen molar-refractivity contribution in [2.45, 2.75) is 12.8 Å². The molecule has 3 heteroatoms. The number of carbonyl (C=O) groups excluding carboxylic acids is 1. The van der Waals surface area contributed by atoms with Crippen molar-refractivity contribution in [3.63, 3.8) is 0 Å². The van der Waals surface area contributed by atoms with Crippen LogP contribution in [0.2, 0.25) is 0 Å². The van der Waals surface area contributed by atoms with Crippen molar-refractivity contribution in [2.75, 3.05) is 5.32 Å². The van der Waals surface area contributed by atoms with Gasteiger partial charge in [-0.1, -0.05) is 36.4 Å². The lowest BCUT2D eigenvalue weighted by Crippen LogP contribution is -2.13. The zero-order valence-corrected chi connectivity index (χ0v) is 11.9. The fourth-order valence-corrected chi connectivity index (χ4v) is 3.20. The molecule has 1 aliphatic carbocycles. The van der Waals surface area contributed by atoms with E-state index in [1.165, 1.54) is 22.6 Å². The average Bonchev–Trinajstić information content (AvgIpc) is 2.95. The number of halogens is 1. The van der Waals surface area contributed by atoms with Gasteiger partial charge in [0.25, 0.3) is 5.91 Å². The highest BCUT2D eigenvalue weighted by Crippen LogP contribution is 2.33. The highest BCUT2D eigenvalue weighted by atomic mass is 19.1. The van der Waals surface area contributed by atoms with E-state index in [1.54, 1.807) is 18.2 Å². The number of hydrogen-bond donors (Lipinski definition) is 1. The van der Waals surface area contributed by atoms with Crippen molar-refractivity contribution in [1.29, 1.82) is 0 Å². The quantitative estimate of drug-likeness (QED) is 0.748. The van der Waals surface area contributed by atoms with Gasteiger partial charge in [0.2, 0.25) is 0 Å². The van der Waals surface area contributed by atoms with Gasteiger partial charge in [0.1, 0.15) is 5.82 Å². The molecule has 1 aliphatic rings. The van der Waals surface area contributed by atoms with Gasteiger partial charge in [0.05, 0.1) is 5.69 Å². The summed E-state index contributed by atoms with van der Waals surface area (Å²) in [6.45, 7) is 0. The van der Waals surface area contributed by atoms with Crippen LogP contribution in [0.3, 0.4) is 0 Å². The van der Waals surface area contributed by atoms with Crippen molar-refractivity contribution in [2.24, 2.45) is 0 Å². The van der Waals surface area contributed by atoms with E-state index in [0.717, 1.165) is 18.2 Å². The Hall–Kier alpha value is -2.68. The van der Waals surface area contributed by atoms with Gasteiger partial charge in [0.15, 0.2) is 0 Å². The summed E-state index contributed by atoms with van der Waals surface area (Å²) in [4.78, 5) is 12.5. The van der Waals surface area contributed by atoms with Crippen LogP contribution in [-0.4, -0.2) is 5.91 Å². The van der Waals surface area contributed by atoms with E-state index in [0.29, 0.717) is 5.56 Å². The maximum absolute atomic E-state index is 13.7. The van der Waals surface area contributed by atoms with Gasteiger partial charge in [0, 0.05) is 5.56 Å². The molecule has 4 rings (SSSR count). The minimum atomic E-state index is -0.429. The van der Waals surface area contributed by atoms with Crippen LogP contribution in [0.1, 0.15) is 21.5 Å². The topological polar surface area (TPSA) is 29.1 Å². The number of hydrogen-bond acceptors (Lipinski definition) is 1. The molecule has 3 aromatic rings. The van der Waals surface area contributed by atoms with E-state index in [9.17, 15) is 9.18 Å². The molecule has 0 unspecified atom stereocenters. The molecule has 0 aromatic heterocycles. The first kappa shape index (κ1) is 13.0. The molecule has 0 radical (unpaired) electrons. The normalized spacial score (nSPS) is 12.6. The molecule has 1 amide bonds. The first-order chi connectivity index (χ1) is 10.7. The molecule has 22 heavy (non-hydrogen) atoms. The molecule has 0 saturated heterocycles. The summed E-state index contributed by atoms with van der Waals surface area (Å²) in [6.07, 6.45) is 2.04. The number of amides is 1. The molecule has 108 valence electrons. The Kier molecular flexibility index (Phi) is 2.93. The highest BCUT2D eigenvalue weighted by molar-refractivity contribution is 6.14. The maximum Gasteiger partial charge on any atom is 0.256 e. The van der Waals surface area contributed by atoms with Gasteiger partial charge in [-0.3, -0.25) is 4.79 Å². The number of rotatable bonds is 2. The third-order valence-corrected chi connectivity index (χ3v) is 4.24. The van der Waals surface area contributed by atoms with Gasteiger partial charge >= 0.3 is 0 Å². The molecule has 0 atom stereocenters. The van der Waals surface area contributed by atoms with Gasteiger partial charge in [-0.2, -0.15) is 0 Å². The first-order valence-corrected chi connectivity index (χ1v) is 7.33. The smallest absolute Gasteiger partial charge is 0.256 e. The Bertz CT molecular complexity index is 891. The third-order valence-electron chi connectivity index (χ3n) is 4.24. The van der Waals surface area contributed by atoms with E-state index in [1.807, 2.05) is 24.3 Å². The minimum Gasteiger partial charge on any atom is -0.319 e. The summed E-state index contributed by atoms with van der Waals surface area (Å²) >= 11 is 0. The number of carbonyl (C=O) groups is 1. The highest BCUT2D eigenvalue weighted by Gasteiger charge is 2.19. The molecule has 0 aliphatic heterocycles. The number of benzene rings is 3. The number of aryl methyl sites for hydroxylation is 2. The second kappa shape index (κ2) is 4.95. The standard InChI is InChI=1S/C19H14FNO/c20-16-6-1-2-7-17(16)21-19(22)15-11-10-13-9-8-12-4-3-5-14(15)18(12)13/h1-7,10-11H,8-9H2,(H,21,22). The van der Waals surface area contributed by atoms with E-state index in [4.69, 9.17) is 0 Å². The number of anilines is 1. The van der Waals surface area contributed by atoms with E-state index in [-0.39, 0.29) is 11.6 Å². The lowest BCUT2D eigenvalue weighted by molar-refractivity contribution is 0.102. The number of nitrogens with one attached hydrogen (secondary N) is 1. The van der Waals surface area contributed by atoms with Crippen LogP contribution in [0, 0.1) is 5.82 Å². The fraction of sp³-hybridized carbons (Fsp3) is 0.105. The van der Waals surface area contributed by atoms with E-state index >= 15 is 0 Å². The lowest BCUT2D eigenvalue weighted by atomic mass is 9.99. The van der Waals surface area contributed by atoms with Crippen molar-refractivity contribution in [1.82, 2.24) is 0 Å². The second-order valence-corrected chi connectivity index (χ2v) is 5.55. The maximum atomic E-state index is 13.7. The molecule has 1 N–H and O–H groups in total. The molecule has 0 fully saturated rings. The molecule has 0 bridgehead atoms. The summed E-state index contributed by atoms with van der Waals surface area (Å²) in [5.41, 5.74) is 3.36. The van der Waals surface area contributed by atoms with Crippen molar-refractivity contribution < 1.29 is 9.18 Å². The Morgan fingerprint density at radius 3 is 2.50 bits per heavy atom. The van der Waals surface area contributed by atoms with Gasteiger partial charge < -0.3 is 5.32 Å². The third kappa shape index (κ3) is 1.98. The molecule has 2 nitrogen and oxygen atoms in total. The zero-order chi connectivity index (χ0) is 15.1. The average molecular weight is 291 g/mol. The Morgan fingerprint density at radius 1 is 0.909 bits per heavy atom. The van der Waals surface area contributed by atoms with Gasteiger partial charge in [-0.15, -0.1) is 0 Å². The molecule has 0 heterocycles. The van der Waals surface area contributed by atoms with Crippen LogP contribution in [0.15, 0.2) is 54.6 Å². The summed E-state index contributed by atoms with van der Waals surface area (Å²) in [6, 6.07) is 16.1. The lowest BCUT2D eigenvalue weighted by Gasteiger charge is -2.10. The first-order valence-electron chi connectivity index (χ1n) is 7.33. The van der Waals surface area contributed by atoms with Gasteiger partial charge in [-0.25, -0.2) is 4.39 Å². The van der Waals surface area contributed by atoms with E-state index < -0.39 is 5.82 Å². The predicted octanol–water partition coefficient (Wildman–Crippen LogP) is 4.33. The number of para-hydroxylation sites is 1. The van der Waals surface area contributed by atoms with Crippen molar-refractivity contribution >= 4 is 22.4 Å². The Balaban J connectivity index is 1.79. The fourth-order valence-electron chi connectivity index (χ4n) is 3.20. The second-order valence-electron chi connectivity index (χ2n) is 5.55. The largest absolute Gasteiger partial charge is 0.319 e. The van der Waals surface area contributed by atoms with Crippen LogP contribution < -0.4 is 5.32 Å². The van der Waals surface area contributed by atoms with Crippen LogP contribution in [0.5, 0.6) is 0 Å². The summed E-state index contributed by atoms with van der Waals surface area (Å²) < 4.78 is 13.7. The molecule has 3 aromatic carbocycles. The molecule has 0 saturated carbocycles. The molecular formula is C19H14FNO.